The maximum Gasteiger partial charge on any atom is 0.193 e. The maximum absolute atomic E-state index is 13.2. The van der Waals surface area contributed by atoms with Crippen LogP contribution < -0.4 is 0 Å². The first-order chi connectivity index (χ1) is 11.7. The zero-order valence-corrected chi connectivity index (χ0v) is 19.7. The van der Waals surface area contributed by atoms with Gasteiger partial charge in [-0.2, -0.15) is 0 Å². The Bertz CT molecular complexity index is 637. The lowest BCUT2D eigenvalue weighted by Crippen LogP contribution is -2.53. The van der Waals surface area contributed by atoms with Crippen LogP contribution in [0.1, 0.15) is 68.2 Å². The van der Waals surface area contributed by atoms with Gasteiger partial charge >= 0.3 is 0 Å². The van der Waals surface area contributed by atoms with Gasteiger partial charge in [0, 0.05) is 17.3 Å². The Balaban J connectivity index is 1.97. The highest BCUT2D eigenvalue weighted by Gasteiger charge is 2.65. The highest BCUT2D eigenvalue weighted by atomic mass is 28.4. The van der Waals surface area contributed by atoms with Gasteiger partial charge in [0.25, 0.3) is 0 Å². The van der Waals surface area contributed by atoms with Crippen LogP contribution in [0.3, 0.4) is 0 Å². The summed E-state index contributed by atoms with van der Waals surface area (Å²) in [5, 5.41) is 0.193. The number of rotatable bonds is 4. The van der Waals surface area contributed by atoms with Gasteiger partial charge in [0.05, 0.1) is 6.10 Å². The molecule has 4 atom stereocenters. The fourth-order valence-electron chi connectivity index (χ4n) is 5.66. The zero-order chi connectivity index (χ0) is 19.9. The molecule has 0 amide bonds. The van der Waals surface area contributed by atoms with Crippen LogP contribution in [0.2, 0.25) is 18.1 Å². The lowest BCUT2D eigenvalue weighted by molar-refractivity contribution is -0.126. The lowest BCUT2D eigenvalue weighted by Gasteiger charge is -2.50. The highest BCUT2D eigenvalue weighted by Crippen LogP contribution is 2.67. The van der Waals surface area contributed by atoms with Crippen molar-refractivity contribution in [3.63, 3.8) is 0 Å². The van der Waals surface area contributed by atoms with Crippen LogP contribution in [0, 0.1) is 34.5 Å². The topological polar surface area (TPSA) is 26.3 Å². The Kier molecular flexibility index (Phi) is 4.53. The monoisotopic (exact) mass is 376 g/mol. The van der Waals surface area contributed by atoms with E-state index in [-0.39, 0.29) is 33.8 Å². The van der Waals surface area contributed by atoms with Crippen molar-refractivity contribution in [3.05, 3.63) is 11.6 Å². The van der Waals surface area contributed by atoms with Crippen molar-refractivity contribution in [1.82, 2.24) is 0 Å². The fraction of sp³-hybridized carbons (Fsp3) is 0.870. The summed E-state index contributed by atoms with van der Waals surface area (Å²) < 4.78 is 7.12. The van der Waals surface area contributed by atoms with Gasteiger partial charge in [-0.15, -0.1) is 0 Å². The van der Waals surface area contributed by atoms with Crippen LogP contribution in [0.4, 0.5) is 0 Å². The van der Waals surface area contributed by atoms with Crippen LogP contribution in [0.5, 0.6) is 0 Å². The summed E-state index contributed by atoms with van der Waals surface area (Å²) in [7, 11) is -1.96. The Hall–Kier alpha value is -0.413. The minimum absolute atomic E-state index is 0.0681. The molecular formula is C23H40O2Si. The second-order valence-electron chi connectivity index (χ2n) is 11.5. The summed E-state index contributed by atoms with van der Waals surface area (Å²) >= 11 is 0. The predicted octanol–water partition coefficient (Wildman–Crippen LogP) is 6.23. The predicted molar refractivity (Wildman–Crippen MR) is 112 cm³/mol. The minimum Gasteiger partial charge on any atom is -0.412 e. The molecule has 3 aliphatic rings. The van der Waals surface area contributed by atoms with Crippen molar-refractivity contribution in [2.45, 2.75) is 92.5 Å². The first-order valence-corrected chi connectivity index (χ1v) is 13.5. The third-order valence-electron chi connectivity index (χ3n) is 9.18. The molecule has 3 heteroatoms. The molecule has 1 spiro atoms. The van der Waals surface area contributed by atoms with E-state index in [1.165, 1.54) is 12.8 Å². The van der Waals surface area contributed by atoms with Gasteiger partial charge in [-0.05, 0) is 53.8 Å². The Morgan fingerprint density at radius 1 is 1.19 bits per heavy atom. The molecule has 0 aromatic heterocycles. The molecule has 0 aromatic carbocycles. The molecule has 2 nitrogen and oxygen atoms in total. The second-order valence-corrected chi connectivity index (χ2v) is 16.0. The Morgan fingerprint density at radius 3 is 2.19 bits per heavy atom. The number of fused-ring (bicyclic) bond motifs is 1. The number of carbonyl (C=O) groups excluding carboxylic acids is 1. The lowest BCUT2D eigenvalue weighted by atomic mass is 9.62. The second kappa shape index (κ2) is 5.79. The third-order valence-corrected chi connectivity index (χ3v) is 13.7. The summed E-state index contributed by atoms with van der Waals surface area (Å²) in [6.07, 6.45) is 4.85. The molecule has 3 rings (SSSR count). The summed E-state index contributed by atoms with van der Waals surface area (Å²) in [6, 6.07) is 0. The van der Waals surface area contributed by atoms with Gasteiger partial charge in [0.2, 0.25) is 0 Å². The van der Waals surface area contributed by atoms with Crippen molar-refractivity contribution in [2.75, 3.05) is 0 Å². The van der Waals surface area contributed by atoms with Crippen molar-refractivity contribution in [3.8, 4) is 0 Å². The molecule has 2 fully saturated rings. The van der Waals surface area contributed by atoms with E-state index in [0.717, 1.165) is 5.57 Å². The molecule has 0 saturated heterocycles. The van der Waals surface area contributed by atoms with Crippen molar-refractivity contribution < 1.29 is 9.22 Å². The van der Waals surface area contributed by atoms with Crippen LogP contribution in [0.25, 0.3) is 0 Å². The van der Waals surface area contributed by atoms with Gasteiger partial charge in [0.15, 0.2) is 14.1 Å². The van der Waals surface area contributed by atoms with Crippen LogP contribution in [0.15, 0.2) is 11.6 Å². The number of hydrogen-bond donors (Lipinski definition) is 0. The summed E-state index contributed by atoms with van der Waals surface area (Å²) in [5.41, 5.74) is 1.27. The SMILES string of the molecule is CC(C)C(C)(C)[Si](C)(C)O[C@@H]1[C@@H]2C(=CC1(C)C)C(=O)[C@@H](C)C1(CC1)[C@H]2C. The molecule has 0 heterocycles. The molecule has 26 heavy (non-hydrogen) atoms. The molecule has 0 unspecified atom stereocenters. The van der Waals surface area contributed by atoms with Gasteiger partial charge < -0.3 is 4.43 Å². The van der Waals surface area contributed by atoms with E-state index in [1.54, 1.807) is 0 Å². The first kappa shape index (κ1) is 20.3. The minimum atomic E-state index is -1.96. The average molecular weight is 377 g/mol. The molecule has 0 aromatic rings. The molecule has 148 valence electrons. The molecule has 3 aliphatic carbocycles. The first-order valence-electron chi connectivity index (χ1n) is 10.6. The number of Topliss-reactive ketones (excluding diaryl/α,β-unsaturated/α-hetero) is 1. The normalized spacial score (nSPS) is 35.7. The Labute approximate surface area is 162 Å². The van der Waals surface area contributed by atoms with Gasteiger partial charge in [-0.1, -0.05) is 61.5 Å². The smallest absolute Gasteiger partial charge is 0.193 e. The van der Waals surface area contributed by atoms with Crippen molar-refractivity contribution >= 4 is 14.1 Å². The van der Waals surface area contributed by atoms with Crippen molar-refractivity contribution in [1.29, 1.82) is 0 Å². The highest BCUT2D eigenvalue weighted by molar-refractivity contribution is 6.74. The van der Waals surface area contributed by atoms with E-state index in [0.29, 0.717) is 17.6 Å². The van der Waals surface area contributed by atoms with Gasteiger partial charge in [0.1, 0.15) is 0 Å². The molecule has 0 radical (unpaired) electrons. The van der Waals surface area contributed by atoms with Crippen molar-refractivity contribution in [2.24, 2.45) is 34.5 Å². The number of carbonyl (C=O) groups is 1. The molecular weight excluding hydrogens is 336 g/mol. The number of ketones is 1. The van der Waals surface area contributed by atoms with E-state index < -0.39 is 8.32 Å². The molecule has 2 saturated carbocycles. The molecule has 0 N–H and O–H groups in total. The van der Waals surface area contributed by atoms with Gasteiger partial charge in [-0.25, -0.2) is 0 Å². The quantitative estimate of drug-likeness (QED) is 0.544. The van der Waals surface area contributed by atoms with Crippen LogP contribution in [-0.2, 0) is 9.22 Å². The summed E-state index contributed by atoms with van der Waals surface area (Å²) in [4.78, 5) is 13.2. The van der Waals surface area contributed by atoms with Gasteiger partial charge in [-0.3, -0.25) is 4.79 Å². The summed E-state index contributed by atoms with van der Waals surface area (Å²) in [5.74, 6) is 2.01. The maximum atomic E-state index is 13.2. The van der Waals surface area contributed by atoms with E-state index >= 15 is 0 Å². The number of hydrogen-bond acceptors (Lipinski definition) is 2. The standard InChI is InChI=1S/C23H40O2Si/c1-14(2)22(7,8)26(9,10)25-20-18-15(3)23(11-12-23)16(4)19(24)17(18)13-21(20,5)6/h13-16,18,20H,11-12H2,1-10H3/t15-,16+,18-,20+/m0/s1. The zero-order valence-electron chi connectivity index (χ0n) is 18.7. The van der Waals surface area contributed by atoms with E-state index in [9.17, 15) is 4.79 Å². The van der Waals surface area contributed by atoms with E-state index in [4.69, 9.17) is 4.43 Å². The van der Waals surface area contributed by atoms with Crippen LogP contribution >= 0.6 is 0 Å². The average Bonchev–Trinajstić information content (AvgIpc) is 3.26. The Morgan fingerprint density at radius 2 is 1.73 bits per heavy atom. The fourth-order valence-corrected chi connectivity index (χ4v) is 8.44. The molecule has 0 aliphatic heterocycles. The summed E-state index contributed by atoms with van der Waals surface area (Å²) in [6.45, 7) is 23.3. The molecule has 0 bridgehead atoms. The third kappa shape index (κ3) is 2.63. The van der Waals surface area contributed by atoms with E-state index in [2.05, 4.69) is 74.6 Å². The largest absolute Gasteiger partial charge is 0.412 e. The van der Waals surface area contributed by atoms with Crippen LogP contribution in [-0.4, -0.2) is 20.2 Å². The van der Waals surface area contributed by atoms with E-state index in [1.807, 2.05) is 0 Å².